The van der Waals surface area contributed by atoms with Crippen LogP contribution < -0.4 is 15.2 Å². The predicted octanol–water partition coefficient (Wildman–Crippen LogP) is 2.77. The van der Waals surface area contributed by atoms with Crippen LogP contribution in [0.2, 0.25) is 0 Å². The molecule has 1 aromatic carbocycles. The fourth-order valence-electron chi connectivity index (χ4n) is 1.48. The first kappa shape index (κ1) is 11.3. The molecule has 0 atom stereocenters. The van der Waals surface area contributed by atoms with Crippen LogP contribution in [0.25, 0.3) is 0 Å². The maximum Gasteiger partial charge on any atom is 0.216 e. The second kappa shape index (κ2) is 4.74. The van der Waals surface area contributed by atoms with Crippen LogP contribution in [0.3, 0.4) is 0 Å². The minimum atomic E-state index is 0.524. The van der Waals surface area contributed by atoms with E-state index in [0.717, 1.165) is 17.0 Å². The molecule has 0 radical (unpaired) electrons. The van der Waals surface area contributed by atoms with Gasteiger partial charge in [-0.2, -0.15) is 0 Å². The van der Waals surface area contributed by atoms with Gasteiger partial charge in [0.05, 0.1) is 7.11 Å². The van der Waals surface area contributed by atoms with E-state index >= 15 is 0 Å². The van der Waals surface area contributed by atoms with E-state index in [1.54, 1.807) is 31.5 Å². The summed E-state index contributed by atoms with van der Waals surface area (Å²) in [6.07, 6.45) is 1.64. The third-order valence-corrected chi connectivity index (χ3v) is 2.34. The fourth-order valence-corrected chi connectivity index (χ4v) is 1.48. The summed E-state index contributed by atoms with van der Waals surface area (Å²) >= 11 is 0. The van der Waals surface area contributed by atoms with E-state index in [2.05, 4.69) is 4.98 Å². The van der Waals surface area contributed by atoms with E-state index in [-0.39, 0.29) is 0 Å². The van der Waals surface area contributed by atoms with Gasteiger partial charge in [0.25, 0.3) is 0 Å². The highest BCUT2D eigenvalue weighted by atomic mass is 16.5. The van der Waals surface area contributed by atoms with Crippen LogP contribution in [0.1, 0.15) is 5.56 Å². The number of rotatable bonds is 3. The first-order chi connectivity index (χ1) is 8.19. The molecule has 1 aromatic heterocycles. The van der Waals surface area contributed by atoms with Gasteiger partial charge in [-0.15, -0.1) is 0 Å². The van der Waals surface area contributed by atoms with Crippen molar-refractivity contribution < 1.29 is 9.47 Å². The van der Waals surface area contributed by atoms with Crippen LogP contribution in [-0.4, -0.2) is 12.1 Å². The van der Waals surface area contributed by atoms with Crippen molar-refractivity contribution in [1.29, 1.82) is 0 Å². The molecule has 17 heavy (non-hydrogen) atoms. The number of hydrogen-bond acceptors (Lipinski definition) is 4. The Morgan fingerprint density at radius 1 is 1.18 bits per heavy atom. The minimum absolute atomic E-state index is 0.524. The molecule has 88 valence electrons. The number of hydrogen-bond donors (Lipinski definition) is 1. The molecule has 0 saturated carbocycles. The second-order valence-electron chi connectivity index (χ2n) is 3.66. The quantitative estimate of drug-likeness (QED) is 0.824. The van der Waals surface area contributed by atoms with Crippen molar-refractivity contribution in [3.05, 3.63) is 42.1 Å². The SMILES string of the molecule is COc1cc(Oc2ccc(N)cc2C)ccn1. The molecule has 4 heteroatoms. The smallest absolute Gasteiger partial charge is 0.216 e. The zero-order valence-electron chi connectivity index (χ0n) is 9.81. The van der Waals surface area contributed by atoms with Crippen LogP contribution in [0.4, 0.5) is 5.69 Å². The van der Waals surface area contributed by atoms with Crippen LogP contribution in [-0.2, 0) is 0 Å². The number of nitrogens with zero attached hydrogens (tertiary/aromatic N) is 1. The number of ether oxygens (including phenoxy) is 2. The zero-order valence-corrected chi connectivity index (χ0v) is 9.81. The first-order valence-corrected chi connectivity index (χ1v) is 5.23. The molecule has 0 saturated heterocycles. The second-order valence-corrected chi connectivity index (χ2v) is 3.66. The number of benzene rings is 1. The Balaban J connectivity index is 2.25. The summed E-state index contributed by atoms with van der Waals surface area (Å²) in [6.45, 7) is 1.95. The number of aryl methyl sites for hydroxylation is 1. The van der Waals surface area contributed by atoms with Crippen molar-refractivity contribution in [2.75, 3.05) is 12.8 Å². The molecule has 0 amide bonds. The highest BCUT2D eigenvalue weighted by Gasteiger charge is 2.03. The van der Waals surface area contributed by atoms with Crippen LogP contribution in [0.5, 0.6) is 17.4 Å². The topological polar surface area (TPSA) is 57.4 Å². The summed E-state index contributed by atoms with van der Waals surface area (Å²) in [7, 11) is 1.57. The van der Waals surface area contributed by atoms with Gasteiger partial charge in [0.1, 0.15) is 11.5 Å². The molecule has 0 unspecified atom stereocenters. The standard InChI is InChI=1S/C13H14N2O2/c1-9-7-10(14)3-4-12(9)17-11-5-6-15-13(8-11)16-2/h3-8H,14H2,1-2H3. The fraction of sp³-hybridized carbons (Fsp3) is 0.154. The van der Waals surface area contributed by atoms with E-state index in [0.29, 0.717) is 11.6 Å². The highest BCUT2D eigenvalue weighted by molar-refractivity contribution is 5.48. The summed E-state index contributed by atoms with van der Waals surface area (Å²) < 4.78 is 10.8. The number of pyridine rings is 1. The summed E-state index contributed by atoms with van der Waals surface area (Å²) in [5, 5.41) is 0. The first-order valence-electron chi connectivity index (χ1n) is 5.23. The van der Waals surface area contributed by atoms with Gasteiger partial charge in [0.15, 0.2) is 0 Å². The molecule has 0 spiro atoms. The number of methoxy groups -OCH3 is 1. The molecule has 0 aliphatic carbocycles. The summed E-state index contributed by atoms with van der Waals surface area (Å²) in [5.41, 5.74) is 7.39. The van der Waals surface area contributed by atoms with Crippen molar-refractivity contribution in [3.8, 4) is 17.4 Å². The molecule has 0 aliphatic rings. The molecule has 2 aromatic rings. The molecule has 4 nitrogen and oxygen atoms in total. The van der Waals surface area contributed by atoms with Crippen molar-refractivity contribution in [2.24, 2.45) is 0 Å². The van der Waals surface area contributed by atoms with Gasteiger partial charge >= 0.3 is 0 Å². The number of nitrogens with two attached hydrogens (primary N) is 1. The minimum Gasteiger partial charge on any atom is -0.481 e. The molecule has 0 fully saturated rings. The van der Waals surface area contributed by atoms with Gasteiger partial charge in [0, 0.05) is 18.0 Å². The molecule has 1 heterocycles. The van der Waals surface area contributed by atoms with Crippen LogP contribution in [0.15, 0.2) is 36.5 Å². The Morgan fingerprint density at radius 3 is 2.71 bits per heavy atom. The predicted molar refractivity (Wildman–Crippen MR) is 66.5 cm³/mol. The monoisotopic (exact) mass is 230 g/mol. The van der Waals surface area contributed by atoms with Gasteiger partial charge in [-0.1, -0.05) is 0 Å². The average molecular weight is 230 g/mol. The van der Waals surface area contributed by atoms with E-state index in [9.17, 15) is 0 Å². The lowest BCUT2D eigenvalue weighted by molar-refractivity contribution is 0.392. The van der Waals surface area contributed by atoms with Crippen molar-refractivity contribution in [1.82, 2.24) is 4.98 Å². The van der Waals surface area contributed by atoms with E-state index in [4.69, 9.17) is 15.2 Å². The Bertz CT molecular complexity index is 527. The molecule has 0 aliphatic heterocycles. The van der Waals surface area contributed by atoms with Gasteiger partial charge in [-0.05, 0) is 36.8 Å². The molecular formula is C13H14N2O2. The van der Waals surface area contributed by atoms with E-state index in [1.807, 2.05) is 19.1 Å². The summed E-state index contributed by atoms with van der Waals surface area (Å²) in [5.74, 6) is 1.98. The molecule has 2 rings (SSSR count). The Hall–Kier alpha value is -2.23. The van der Waals surface area contributed by atoms with Gasteiger partial charge in [0.2, 0.25) is 5.88 Å². The van der Waals surface area contributed by atoms with Crippen molar-refractivity contribution in [2.45, 2.75) is 6.92 Å². The maximum absolute atomic E-state index is 5.73. The number of aromatic nitrogens is 1. The van der Waals surface area contributed by atoms with Gasteiger partial charge < -0.3 is 15.2 Å². The lowest BCUT2D eigenvalue weighted by Gasteiger charge is -2.09. The Labute approximate surface area is 100 Å². The lowest BCUT2D eigenvalue weighted by Crippen LogP contribution is -1.92. The third kappa shape index (κ3) is 2.66. The van der Waals surface area contributed by atoms with Gasteiger partial charge in [-0.3, -0.25) is 0 Å². The lowest BCUT2D eigenvalue weighted by atomic mass is 10.2. The maximum atomic E-state index is 5.73. The summed E-state index contributed by atoms with van der Waals surface area (Å²) in [6, 6.07) is 9.03. The van der Waals surface area contributed by atoms with Crippen molar-refractivity contribution in [3.63, 3.8) is 0 Å². The van der Waals surface area contributed by atoms with E-state index < -0.39 is 0 Å². The Kier molecular flexibility index (Phi) is 3.14. The molecular weight excluding hydrogens is 216 g/mol. The average Bonchev–Trinajstić information content (AvgIpc) is 2.33. The van der Waals surface area contributed by atoms with Crippen molar-refractivity contribution >= 4 is 5.69 Å². The zero-order chi connectivity index (χ0) is 12.3. The third-order valence-electron chi connectivity index (χ3n) is 2.34. The number of nitrogen functional groups attached to an aromatic ring is 1. The largest absolute Gasteiger partial charge is 0.481 e. The summed E-state index contributed by atoms with van der Waals surface area (Å²) in [4.78, 5) is 4.01. The molecule has 0 bridgehead atoms. The Morgan fingerprint density at radius 2 is 2.00 bits per heavy atom. The van der Waals surface area contributed by atoms with Crippen LogP contribution >= 0.6 is 0 Å². The van der Waals surface area contributed by atoms with Gasteiger partial charge in [-0.25, -0.2) is 4.98 Å². The van der Waals surface area contributed by atoms with Crippen LogP contribution in [0, 0.1) is 6.92 Å². The normalized spacial score (nSPS) is 10.0. The molecule has 2 N–H and O–H groups in total. The number of anilines is 1. The van der Waals surface area contributed by atoms with E-state index in [1.165, 1.54) is 0 Å². The highest BCUT2D eigenvalue weighted by Crippen LogP contribution is 2.27.